The molecule has 1 fully saturated rings. The first-order valence-electron chi connectivity index (χ1n) is 5.03. The Balaban J connectivity index is 1.98. The standard InChI is InChI=1S/C11H14N2O/c1-14-11-10-8-4-2-3-5-9(8)13(10)7-6-12-11/h2-5,10-12H,6-7H2,1H3. The fourth-order valence-corrected chi connectivity index (χ4v) is 2.49. The first-order valence-corrected chi connectivity index (χ1v) is 5.03. The van der Waals surface area contributed by atoms with Crippen LogP contribution in [0, 0.1) is 0 Å². The molecular formula is C11H14N2O. The molecule has 2 atom stereocenters. The number of nitrogens with zero attached hydrogens (tertiary/aromatic N) is 1. The van der Waals surface area contributed by atoms with Crippen LogP contribution in [0.4, 0.5) is 5.69 Å². The minimum atomic E-state index is 0.152. The summed E-state index contributed by atoms with van der Waals surface area (Å²) in [5.74, 6) is 0. The Morgan fingerprint density at radius 1 is 1.43 bits per heavy atom. The van der Waals surface area contributed by atoms with Crippen molar-refractivity contribution in [3.8, 4) is 0 Å². The molecule has 0 aliphatic carbocycles. The lowest BCUT2D eigenvalue weighted by Gasteiger charge is -2.51. The van der Waals surface area contributed by atoms with E-state index in [0.29, 0.717) is 6.04 Å². The molecule has 0 bridgehead atoms. The normalized spacial score (nSPS) is 29.1. The van der Waals surface area contributed by atoms with Gasteiger partial charge in [-0.2, -0.15) is 0 Å². The van der Waals surface area contributed by atoms with Crippen LogP contribution in [0.5, 0.6) is 0 Å². The highest BCUT2D eigenvalue weighted by Crippen LogP contribution is 2.45. The van der Waals surface area contributed by atoms with Crippen LogP contribution in [0.1, 0.15) is 11.6 Å². The highest BCUT2D eigenvalue weighted by molar-refractivity contribution is 5.66. The van der Waals surface area contributed by atoms with Crippen molar-refractivity contribution in [3.05, 3.63) is 29.8 Å². The maximum atomic E-state index is 5.43. The van der Waals surface area contributed by atoms with Crippen LogP contribution < -0.4 is 10.2 Å². The van der Waals surface area contributed by atoms with Gasteiger partial charge in [0.15, 0.2) is 0 Å². The molecule has 1 aromatic rings. The van der Waals surface area contributed by atoms with Crippen LogP contribution in [-0.4, -0.2) is 26.4 Å². The van der Waals surface area contributed by atoms with Crippen LogP contribution in [0.2, 0.25) is 0 Å². The smallest absolute Gasteiger partial charge is 0.132 e. The molecule has 0 radical (unpaired) electrons. The molecule has 14 heavy (non-hydrogen) atoms. The quantitative estimate of drug-likeness (QED) is 0.718. The average Bonchev–Trinajstić information content (AvgIpc) is 2.24. The summed E-state index contributed by atoms with van der Waals surface area (Å²) in [6.07, 6.45) is 0.152. The van der Waals surface area contributed by atoms with Crippen LogP contribution in [0.3, 0.4) is 0 Å². The maximum Gasteiger partial charge on any atom is 0.132 e. The Morgan fingerprint density at radius 3 is 3.14 bits per heavy atom. The summed E-state index contributed by atoms with van der Waals surface area (Å²) in [6, 6.07) is 8.99. The Hall–Kier alpha value is -1.06. The zero-order chi connectivity index (χ0) is 9.54. The third-order valence-electron chi connectivity index (χ3n) is 3.14. The molecule has 3 heteroatoms. The van der Waals surface area contributed by atoms with Crippen molar-refractivity contribution in [2.24, 2.45) is 0 Å². The second-order valence-corrected chi connectivity index (χ2v) is 3.81. The fraction of sp³-hybridized carbons (Fsp3) is 0.455. The highest BCUT2D eigenvalue weighted by Gasteiger charge is 2.41. The number of hydrogen-bond donors (Lipinski definition) is 1. The van der Waals surface area contributed by atoms with Crippen molar-refractivity contribution >= 4 is 5.69 Å². The van der Waals surface area contributed by atoms with Gasteiger partial charge >= 0.3 is 0 Å². The number of benzene rings is 1. The first kappa shape index (κ1) is 8.26. The molecule has 0 aromatic heterocycles. The second-order valence-electron chi connectivity index (χ2n) is 3.81. The van der Waals surface area contributed by atoms with Gasteiger partial charge in [0.2, 0.25) is 0 Å². The molecule has 1 saturated heterocycles. The summed E-state index contributed by atoms with van der Waals surface area (Å²) in [5.41, 5.74) is 2.78. The average molecular weight is 190 g/mol. The summed E-state index contributed by atoms with van der Waals surface area (Å²) in [6.45, 7) is 2.09. The Bertz CT molecular complexity index is 353. The molecule has 0 spiro atoms. The lowest BCUT2D eigenvalue weighted by molar-refractivity contribution is 0.0327. The van der Waals surface area contributed by atoms with Crippen molar-refractivity contribution in [3.63, 3.8) is 0 Å². The van der Waals surface area contributed by atoms with E-state index in [4.69, 9.17) is 4.74 Å². The lowest BCUT2D eigenvalue weighted by Crippen LogP contribution is -2.58. The van der Waals surface area contributed by atoms with Crippen molar-refractivity contribution in [1.29, 1.82) is 0 Å². The maximum absolute atomic E-state index is 5.43. The van der Waals surface area contributed by atoms with Crippen LogP contribution in [0.15, 0.2) is 24.3 Å². The van der Waals surface area contributed by atoms with E-state index in [-0.39, 0.29) is 6.23 Å². The van der Waals surface area contributed by atoms with Crippen LogP contribution >= 0.6 is 0 Å². The van der Waals surface area contributed by atoms with Crippen molar-refractivity contribution in [2.45, 2.75) is 12.3 Å². The van der Waals surface area contributed by atoms with Gasteiger partial charge in [0.05, 0.1) is 6.04 Å². The molecule has 2 unspecified atom stereocenters. The summed E-state index contributed by atoms with van der Waals surface area (Å²) in [7, 11) is 1.77. The Kier molecular flexibility index (Phi) is 1.75. The van der Waals surface area contributed by atoms with Gasteiger partial charge in [-0.3, -0.25) is 5.32 Å². The fourth-order valence-electron chi connectivity index (χ4n) is 2.49. The molecule has 74 valence electrons. The van der Waals surface area contributed by atoms with Crippen molar-refractivity contribution in [2.75, 3.05) is 25.1 Å². The van der Waals surface area contributed by atoms with Crippen LogP contribution in [0.25, 0.3) is 0 Å². The number of hydrogen-bond acceptors (Lipinski definition) is 3. The molecule has 2 aliphatic heterocycles. The number of nitrogens with one attached hydrogen (secondary N) is 1. The number of para-hydroxylation sites is 1. The summed E-state index contributed by atoms with van der Waals surface area (Å²) in [5, 5.41) is 3.38. The topological polar surface area (TPSA) is 24.5 Å². The van der Waals surface area contributed by atoms with E-state index < -0.39 is 0 Å². The van der Waals surface area contributed by atoms with Gasteiger partial charge in [-0.05, 0) is 6.07 Å². The number of rotatable bonds is 1. The molecule has 2 heterocycles. The van der Waals surface area contributed by atoms with Gasteiger partial charge in [0.25, 0.3) is 0 Å². The van der Waals surface area contributed by atoms with Gasteiger partial charge in [0, 0.05) is 31.5 Å². The minimum Gasteiger partial charge on any atom is -0.364 e. The third-order valence-corrected chi connectivity index (χ3v) is 3.14. The Morgan fingerprint density at radius 2 is 2.29 bits per heavy atom. The zero-order valence-corrected chi connectivity index (χ0v) is 8.23. The number of anilines is 1. The summed E-state index contributed by atoms with van der Waals surface area (Å²) >= 11 is 0. The third kappa shape index (κ3) is 0.938. The largest absolute Gasteiger partial charge is 0.364 e. The summed E-state index contributed by atoms with van der Waals surface area (Å²) in [4.78, 5) is 2.42. The monoisotopic (exact) mass is 190 g/mol. The minimum absolute atomic E-state index is 0.152. The first-order chi connectivity index (χ1) is 6.92. The molecule has 3 rings (SSSR count). The van der Waals surface area contributed by atoms with Crippen molar-refractivity contribution in [1.82, 2.24) is 5.32 Å². The Labute approximate surface area is 83.7 Å². The van der Waals surface area contributed by atoms with E-state index >= 15 is 0 Å². The van der Waals surface area contributed by atoms with E-state index in [1.807, 2.05) is 0 Å². The number of ether oxygens (including phenoxy) is 1. The second kappa shape index (κ2) is 2.97. The number of piperazine rings is 1. The lowest BCUT2D eigenvalue weighted by atomic mass is 9.90. The molecule has 3 nitrogen and oxygen atoms in total. The molecule has 1 N–H and O–H groups in total. The highest BCUT2D eigenvalue weighted by atomic mass is 16.5. The van der Waals surface area contributed by atoms with E-state index in [1.54, 1.807) is 7.11 Å². The molecule has 0 amide bonds. The van der Waals surface area contributed by atoms with Crippen LogP contribution in [-0.2, 0) is 4.74 Å². The van der Waals surface area contributed by atoms with E-state index in [1.165, 1.54) is 11.3 Å². The number of fused-ring (bicyclic) bond motifs is 4. The van der Waals surface area contributed by atoms with Gasteiger partial charge < -0.3 is 9.64 Å². The van der Waals surface area contributed by atoms with E-state index in [2.05, 4.69) is 34.5 Å². The van der Waals surface area contributed by atoms with Gasteiger partial charge in [0.1, 0.15) is 6.23 Å². The molecule has 0 saturated carbocycles. The molecule has 2 aliphatic rings. The predicted octanol–water partition coefficient (Wildman–Crippen LogP) is 1.12. The van der Waals surface area contributed by atoms with Gasteiger partial charge in [-0.15, -0.1) is 0 Å². The van der Waals surface area contributed by atoms with E-state index in [0.717, 1.165) is 13.1 Å². The number of methoxy groups -OCH3 is 1. The molecular weight excluding hydrogens is 176 g/mol. The zero-order valence-electron chi connectivity index (χ0n) is 8.23. The summed E-state index contributed by atoms with van der Waals surface area (Å²) < 4.78 is 5.43. The molecule has 1 aromatic carbocycles. The SMILES string of the molecule is COC1NCCN2c3ccccc3C12. The van der Waals surface area contributed by atoms with Gasteiger partial charge in [-0.1, -0.05) is 18.2 Å². The predicted molar refractivity (Wildman–Crippen MR) is 55.3 cm³/mol. The van der Waals surface area contributed by atoms with E-state index in [9.17, 15) is 0 Å². The van der Waals surface area contributed by atoms with Crippen molar-refractivity contribution < 1.29 is 4.74 Å². The van der Waals surface area contributed by atoms with Gasteiger partial charge in [-0.25, -0.2) is 0 Å².